The lowest BCUT2D eigenvalue weighted by atomic mass is 9.77. The predicted molar refractivity (Wildman–Crippen MR) is 196 cm³/mol. The van der Waals surface area contributed by atoms with Gasteiger partial charge < -0.3 is 35.1 Å². The molecule has 2 fully saturated rings. The van der Waals surface area contributed by atoms with Crippen molar-refractivity contribution in [1.82, 2.24) is 20.6 Å². The molecule has 2 aromatic heterocycles. The maximum absolute atomic E-state index is 14.5. The molecule has 14 heteroatoms. The third-order valence-electron chi connectivity index (χ3n) is 10.7. The fourth-order valence-corrected chi connectivity index (χ4v) is 7.89. The van der Waals surface area contributed by atoms with E-state index < -0.39 is 40.7 Å². The molecule has 54 heavy (non-hydrogen) atoms. The molecule has 0 aliphatic heterocycles. The minimum absolute atomic E-state index is 0.0385. The molecule has 2 heterocycles. The molecule has 1 atom stereocenters. The Morgan fingerprint density at radius 3 is 2.30 bits per heavy atom. The number of halogens is 4. The lowest BCUT2D eigenvalue weighted by Crippen LogP contribution is -2.51. The van der Waals surface area contributed by atoms with Gasteiger partial charge in [0.1, 0.15) is 11.7 Å². The Morgan fingerprint density at radius 1 is 0.944 bits per heavy atom. The molecule has 4 aromatic rings. The van der Waals surface area contributed by atoms with Crippen molar-refractivity contribution in [3.8, 4) is 40.0 Å². The van der Waals surface area contributed by atoms with Crippen molar-refractivity contribution in [2.75, 3.05) is 20.8 Å². The quantitative estimate of drug-likeness (QED) is 0.102. The molecule has 3 aliphatic carbocycles. The largest absolute Gasteiger partial charge is 0.481 e. The highest BCUT2D eigenvalue weighted by Crippen LogP contribution is 2.47. The van der Waals surface area contributed by atoms with Crippen LogP contribution in [0.15, 0.2) is 54.6 Å². The van der Waals surface area contributed by atoms with E-state index in [1.807, 2.05) is 55.5 Å². The summed E-state index contributed by atoms with van der Waals surface area (Å²) in [6.45, 7) is 2.43. The van der Waals surface area contributed by atoms with E-state index in [1.54, 1.807) is 7.11 Å². The smallest absolute Gasteiger partial charge is 0.421 e. The molecule has 2 saturated carbocycles. The average Bonchev–Trinajstić information content (AvgIpc) is 3.82. The van der Waals surface area contributed by atoms with Crippen LogP contribution in [-0.2, 0) is 30.5 Å². The first-order valence-electron chi connectivity index (χ1n) is 17.9. The van der Waals surface area contributed by atoms with Gasteiger partial charge in [0.25, 0.3) is 0 Å². The van der Waals surface area contributed by atoms with Crippen molar-refractivity contribution >= 4 is 17.6 Å². The van der Waals surface area contributed by atoms with Crippen LogP contribution in [0.2, 0.25) is 5.02 Å². The maximum atomic E-state index is 14.5. The first kappa shape index (κ1) is 37.9. The zero-order valence-electron chi connectivity index (χ0n) is 30.1. The zero-order valence-corrected chi connectivity index (χ0v) is 30.9. The number of fused-ring (bicyclic) bond motifs is 1. The summed E-state index contributed by atoms with van der Waals surface area (Å²) in [7, 11) is 2.88. The number of benzene rings is 2. The number of aliphatic hydroxyl groups is 1. The number of hydrogen-bond acceptors (Lipinski definition) is 9. The van der Waals surface area contributed by atoms with E-state index in [4.69, 9.17) is 30.8 Å². The third-order valence-corrected chi connectivity index (χ3v) is 11.1. The van der Waals surface area contributed by atoms with E-state index in [9.17, 15) is 28.2 Å². The molecule has 7 rings (SSSR count). The number of aliphatic carboxylic acids is 1. The van der Waals surface area contributed by atoms with Crippen molar-refractivity contribution in [3.05, 3.63) is 87.4 Å². The Balaban J connectivity index is 1.12. The highest BCUT2D eigenvalue weighted by Gasteiger charge is 2.50. The molecular formula is C40H42ClF3N4O6. The van der Waals surface area contributed by atoms with Crippen molar-refractivity contribution in [3.63, 3.8) is 0 Å². The van der Waals surface area contributed by atoms with Gasteiger partial charge >= 0.3 is 12.1 Å². The molecule has 0 saturated heterocycles. The summed E-state index contributed by atoms with van der Waals surface area (Å²) in [6.07, 6.45) is -2.14. The molecule has 10 nitrogen and oxygen atoms in total. The van der Waals surface area contributed by atoms with Crippen LogP contribution in [0, 0.1) is 5.41 Å². The number of ether oxygens (including phenoxy) is 3. The second kappa shape index (κ2) is 14.7. The topological polar surface area (TPSA) is 135 Å². The molecule has 0 bridgehead atoms. The van der Waals surface area contributed by atoms with Crippen molar-refractivity contribution in [2.45, 2.75) is 82.5 Å². The third kappa shape index (κ3) is 7.59. The highest BCUT2D eigenvalue weighted by atomic mass is 35.5. The molecular weight excluding hydrogens is 725 g/mol. The Bertz CT molecular complexity index is 2060. The van der Waals surface area contributed by atoms with E-state index in [-0.39, 0.29) is 30.6 Å². The first-order valence-corrected chi connectivity index (χ1v) is 18.3. The predicted octanol–water partition coefficient (Wildman–Crippen LogP) is 7.52. The van der Waals surface area contributed by atoms with E-state index >= 15 is 0 Å². The SMILES string of the molecule is COc1nc(-c2cccc(-c3cccc4c3CC[C@@H]4Oc3nc(OC)c(CNCC4(C(=O)O)CC4)cc3C(F)(F)F)c2Cl)ccc1CN[C@H]1C[C@](C)(O)C1. The van der Waals surface area contributed by atoms with E-state index in [0.29, 0.717) is 67.2 Å². The van der Waals surface area contributed by atoms with Crippen LogP contribution in [0.25, 0.3) is 22.4 Å². The van der Waals surface area contributed by atoms with Crippen molar-refractivity contribution in [2.24, 2.45) is 5.41 Å². The van der Waals surface area contributed by atoms with Gasteiger partial charge in [0.05, 0.1) is 36.0 Å². The van der Waals surface area contributed by atoms with Crippen LogP contribution in [0.1, 0.15) is 72.9 Å². The van der Waals surface area contributed by atoms with Crippen LogP contribution in [0.3, 0.4) is 0 Å². The molecule has 0 amide bonds. The summed E-state index contributed by atoms with van der Waals surface area (Å²) in [5, 5.41) is 26.4. The van der Waals surface area contributed by atoms with Crippen LogP contribution >= 0.6 is 11.6 Å². The van der Waals surface area contributed by atoms with E-state index in [0.717, 1.165) is 33.9 Å². The van der Waals surface area contributed by atoms with Gasteiger partial charge in [-0.05, 0) is 74.3 Å². The summed E-state index contributed by atoms with van der Waals surface area (Å²) < 4.78 is 60.4. The number of carbonyl (C=O) groups is 1. The Hall–Kier alpha value is -4.43. The summed E-state index contributed by atoms with van der Waals surface area (Å²) in [4.78, 5) is 20.5. The van der Waals surface area contributed by atoms with Crippen LogP contribution < -0.4 is 24.8 Å². The maximum Gasteiger partial charge on any atom is 0.421 e. The number of nitrogens with zero attached hydrogens (tertiary/aromatic N) is 2. The van der Waals surface area contributed by atoms with E-state index in [1.165, 1.54) is 7.11 Å². The lowest BCUT2D eigenvalue weighted by molar-refractivity contribution is -0.143. The Morgan fingerprint density at radius 2 is 1.63 bits per heavy atom. The number of aromatic nitrogens is 2. The molecule has 0 unspecified atom stereocenters. The Kier molecular flexibility index (Phi) is 10.3. The number of pyridine rings is 2. The fraction of sp³-hybridized carbons (Fsp3) is 0.425. The molecule has 0 radical (unpaired) electrons. The summed E-state index contributed by atoms with van der Waals surface area (Å²) in [6, 6.07) is 16.3. The van der Waals surface area contributed by atoms with Gasteiger partial charge in [-0.3, -0.25) is 4.79 Å². The summed E-state index contributed by atoms with van der Waals surface area (Å²) in [5.41, 5.74) is 3.02. The molecule has 286 valence electrons. The van der Waals surface area contributed by atoms with Crippen molar-refractivity contribution in [1.29, 1.82) is 0 Å². The minimum atomic E-state index is -4.77. The average molecular weight is 767 g/mol. The minimum Gasteiger partial charge on any atom is -0.481 e. The van der Waals surface area contributed by atoms with Gasteiger partial charge in [-0.1, -0.05) is 54.1 Å². The molecule has 2 aromatic carbocycles. The van der Waals surface area contributed by atoms with E-state index in [2.05, 4.69) is 15.6 Å². The number of hydrogen-bond donors (Lipinski definition) is 4. The van der Waals surface area contributed by atoms with Crippen LogP contribution in [0.4, 0.5) is 13.2 Å². The summed E-state index contributed by atoms with van der Waals surface area (Å²) in [5.74, 6) is -1.09. The number of rotatable bonds is 14. The van der Waals surface area contributed by atoms with Gasteiger partial charge in [0.2, 0.25) is 17.6 Å². The molecule has 3 aliphatic rings. The normalized spacial score (nSPS) is 21.3. The first-order chi connectivity index (χ1) is 25.7. The zero-order chi connectivity index (χ0) is 38.4. The lowest BCUT2D eigenvalue weighted by Gasteiger charge is -2.41. The van der Waals surface area contributed by atoms with Gasteiger partial charge in [-0.25, -0.2) is 4.98 Å². The Labute approximate surface area is 316 Å². The van der Waals surface area contributed by atoms with Gasteiger partial charge in [0.15, 0.2) is 0 Å². The van der Waals surface area contributed by atoms with Crippen molar-refractivity contribution < 1.29 is 42.4 Å². The standard InChI is InChI=1S/C40H42ClF3N4O6/c1-38(51)17-24(18-38)46-20-22-10-12-31(47-34(22)52-2)29-9-5-8-28(33(29)41)25-6-4-7-27-26(25)11-13-32(27)54-36-30(40(42,43)44)16-23(35(48-36)53-3)19-45-21-39(14-15-39)37(49)50/h4-10,12,16,24,32,45-46,51H,11,13-15,17-21H2,1-3H3,(H,49,50)/t24-,32-,38-/m0/s1. The highest BCUT2D eigenvalue weighted by molar-refractivity contribution is 6.36. The van der Waals surface area contributed by atoms with Gasteiger partial charge in [-0.2, -0.15) is 18.2 Å². The van der Waals surface area contributed by atoms with Gasteiger partial charge in [0, 0.05) is 47.9 Å². The number of carboxylic acid groups (broad SMARTS) is 1. The van der Waals surface area contributed by atoms with Crippen LogP contribution in [0.5, 0.6) is 17.6 Å². The number of methoxy groups -OCH3 is 2. The second-order valence-corrected chi connectivity index (χ2v) is 15.1. The number of carboxylic acids is 1. The fourth-order valence-electron chi connectivity index (χ4n) is 7.57. The molecule has 4 N–H and O–H groups in total. The summed E-state index contributed by atoms with van der Waals surface area (Å²) >= 11 is 7.10. The second-order valence-electron chi connectivity index (χ2n) is 14.7. The number of nitrogens with one attached hydrogen (secondary N) is 2. The molecule has 0 spiro atoms. The van der Waals surface area contributed by atoms with Gasteiger partial charge in [-0.15, -0.1) is 0 Å². The number of alkyl halides is 3. The van der Waals surface area contributed by atoms with Crippen LogP contribution in [-0.4, -0.2) is 58.6 Å². The monoisotopic (exact) mass is 766 g/mol.